The standard InChI is InChI=1S/C15H23N3O2S2/c1-5-17-6-8-18(9-7-17)15(21)16-13-12(14(19)20-4)10(2)11(3)22-13/h5-9H2,1-4H3,(H,16,21). The van der Waals surface area contributed by atoms with Gasteiger partial charge in [-0.2, -0.15) is 0 Å². The fraction of sp³-hybridized carbons (Fsp3) is 0.600. The van der Waals surface area contributed by atoms with Gasteiger partial charge in [-0.15, -0.1) is 11.3 Å². The van der Waals surface area contributed by atoms with Crippen molar-refractivity contribution in [2.45, 2.75) is 20.8 Å². The molecule has 0 spiro atoms. The largest absolute Gasteiger partial charge is 0.465 e. The molecule has 0 aromatic carbocycles. The summed E-state index contributed by atoms with van der Waals surface area (Å²) in [5.41, 5.74) is 1.55. The summed E-state index contributed by atoms with van der Waals surface area (Å²) in [5, 5.41) is 4.71. The molecule has 1 saturated heterocycles. The van der Waals surface area contributed by atoms with E-state index < -0.39 is 0 Å². The van der Waals surface area contributed by atoms with Crippen LogP contribution in [0.15, 0.2) is 0 Å². The van der Waals surface area contributed by atoms with Gasteiger partial charge in [0.05, 0.1) is 12.7 Å². The third-order valence-corrected chi connectivity index (χ3v) is 5.58. The zero-order valence-corrected chi connectivity index (χ0v) is 15.2. The van der Waals surface area contributed by atoms with Crippen molar-refractivity contribution in [1.29, 1.82) is 0 Å². The predicted octanol–water partition coefficient (Wildman–Crippen LogP) is 2.49. The van der Waals surface area contributed by atoms with Gasteiger partial charge in [-0.1, -0.05) is 6.92 Å². The summed E-state index contributed by atoms with van der Waals surface area (Å²) in [7, 11) is 1.40. The first-order chi connectivity index (χ1) is 10.5. The Morgan fingerprint density at radius 2 is 1.95 bits per heavy atom. The van der Waals surface area contributed by atoms with E-state index in [9.17, 15) is 4.79 Å². The number of carbonyl (C=O) groups is 1. The third-order valence-electron chi connectivity index (χ3n) is 4.10. The normalized spacial score (nSPS) is 15.7. The van der Waals surface area contributed by atoms with Crippen LogP contribution in [0.2, 0.25) is 0 Å². The van der Waals surface area contributed by atoms with Gasteiger partial charge in [-0.3, -0.25) is 0 Å². The van der Waals surface area contributed by atoms with Gasteiger partial charge in [-0.25, -0.2) is 4.79 Å². The number of aryl methyl sites for hydroxylation is 1. The molecule has 0 radical (unpaired) electrons. The molecule has 5 nitrogen and oxygen atoms in total. The van der Waals surface area contributed by atoms with Crippen molar-refractivity contribution in [3.63, 3.8) is 0 Å². The van der Waals surface area contributed by atoms with Crippen LogP contribution in [0.3, 0.4) is 0 Å². The van der Waals surface area contributed by atoms with Crippen LogP contribution in [0, 0.1) is 13.8 Å². The summed E-state index contributed by atoms with van der Waals surface area (Å²) in [6.45, 7) is 11.0. The van der Waals surface area contributed by atoms with Crippen LogP contribution in [0.1, 0.15) is 27.7 Å². The lowest BCUT2D eigenvalue weighted by Gasteiger charge is -2.35. The van der Waals surface area contributed by atoms with E-state index in [2.05, 4.69) is 22.0 Å². The molecule has 1 aromatic rings. The van der Waals surface area contributed by atoms with Gasteiger partial charge >= 0.3 is 5.97 Å². The van der Waals surface area contributed by atoms with E-state index in [-0.39, 0.29) is 5.97 Å². The fourth-order valence-corrected chi connectivity index (χ4v) is 3.90. The molecule has 122 valence electrons. The summed E-state index contributed by atoms with van der Waals surface area (Å²) in [6.07, 6.45) is 0. The lowest BCUT2D eigenvalue weighted by Crippen LogP contribution is -2.49. The molecular weight excluding hydrogens is 318 g/mol. The van der Waals surface area contributed by atoms with Crippen molar-refractivity contribution in [1.82, 2.24) is 9.80 Å². The Morgan fingerprint density at radius 1 is 1.32 bits per heavy atom. The summed E-state index contributed by atoms with van der Waals surface area (Å²) < 4.78 is 4.89. The first kappa shape index (κ1) is 17.2. The number of likely N-dealkylation sites (N-methyl/N-ethyl adjacent to an activating group) is 1. The Bertz CT molecular complexity index is 563. The number of anilines is 1. The van der Waals surface area contributed by atoms with Gasteiger partial charge in [0.2, 0.25) is 0 Å². The molecule has 0 atom stereocenters. The SMILES string of the molecule is CCN1CCN(C(=S)Nc2sc(C)c(C)c2C(=O)OC)CC1. The maximum absolute atomic E-state index is 12.0. The number of esters is 1. The van der Waals surface area contributed by atoms with Crippen molar-refractivity contribution in [3.8, 4) is 0 Å². The number of methoxy groups -OCH3 is 1. The van der Waals surface area contributed by atoms with E-state index in [0.717, 1.165) is 48.2 Å². The Balaban J connectivity index is 2.09. The zero-order valence-electron chi connectivity index (χ0n) is 13.6. The molecule has 1 aliphatic rings. The summed E-state index contributed by atoms with van der Waals surface area (Å²) in [4.78, 5) is 17.6. The molecule has 0 saturated carbocycles. The first-order valence-corrected chi connectivity index (χ1v) is 8.67. The number of hydrogen-bond acceptors (Lipinski definition) is 5. The average molecular weight is 342 g/mol. The van der Waals surface area contributed by atoms with Crippen molar-refractivity contribution >= 4 is 39.6 Å². The first-order valence-electron chi connectivity index (χ1n) is 7.44. The number of rotatable bonds is 3. The summed E-state index contributed by atoms with van der Waals surface area (Å²) in [6, 6.07) is 0. The van der Waals surface area contributed by atoms with Gasteiger partial charge < -0.3 is 19.9 Å². The van der Waals surface area contributed by atoms with Gasteiger partial charge in [0.1, 0.15) is 5.00 Å². The second-order valence-corrected chi connectivity index (χ2v) is 6.94. The van der Waals surface area contributed by atoms with E-state index in [0.29, 0.717) is 10.7 Å². The van der Waals surface area contributed by atoms with Crippen molar-refractivity contribution in [2.75, 3.05) is 45.2 Å². The lowest BCUT2D eigenvalue weighted by molar-refractivity contribution is 0.0601. The van der Waals surface area contributed by atoms with Crippen LogP contribution >= 0.6 is 23.6 Å². The second-order valence-electron chi connectivity index (χ2n) is 5.33. The smallest absolute Gasteiger partial charge is 0.341 e. The number of carbonyl (C=O) groups excluding carboxylic acids is 1. The highest BCUT2D eigenvalue weighted by molar-refractivity contribution is 7.80. The molecular formula is C15H23N3O2S2. The van der Waals surface area contributed by atoms with E-state index in [1.807, 2.05) is 13.8 Å². The molecule has 0 unspecified atom stereocenters. The number of hydrogen-bond donors (Lipinski definition) is 1. The lowest BCUT2D eigenvalue weighted by atomic mass is 10.1. The van der Waals surface area contributed by atoms with Crippen LogP contribution in [-0.2, 0) is 4.74 Å². The highest BCUT2D eigenvalue weighted by atomic mass is 32.1. The molecule has 0 amide bonds. The van der Waals surface area contributed by atoms with Crippen molar-refractivity contribution < 1.29 is 9.53 Å². The van der Waals surface area contributed by atoms with E-state index >= 15 is 0 Å². The maximum atomic E-state index is 12.0. The molecule has 0 aliphatic carbocycles. The minimum Gasteiger partial charge on any atom is -0.465 e. The van der Waals surface area contributed by atoms with Gasteiger partial charge in [0.15, 0.2) is 5.11 Å². The number of ether oxygens (including phenoxy) is 1. The fourth-order valence-electron chi connectivity index (χ4n) is 2.51. The topological polar surface area (TPSA) is 44.8 Å². The Hall–Kier alpha value is -1.18. The molecule has 2 heterocycles. The number of thiophene rings is 1. The molecule has 0 bridgehead atoms. The Morgan fingerprint density at radius 3 is 2.50 bits per heavy atom. The number of thiocarbonyl (C=S) groups is 1. The average Bonchev–Trinajstić information content (AvgIpc) is 2.81. The van der Waals surface area contributed by atoms with Gasteiger partial charge in [0.25, 0.3) is 0 Å². The number of nitrogens with one attached hydrogen (secondary N) is 1. The second kappa shape index (κ2) is 7.39. The zero-order chi connectivity index (χ0) is 16.3. The predicted molar refractivity (Wildman–Crippen MR) is 95.0 cm³/mol. The van der Waals surface area contributed by atoms with E-state index in [1.54, 1.807) is 11.3 Å². The Kier molecular flexibility index (Phi) is 5.77. The molecule has 1 N–H and O–H groups in total. The molecule has 1 aliphatic heterocycles. The van der Waals surface area contributed by atoms with Crippen molar-refractivity contribution in [2.24, 2.45) is 0 Å². The number of nitrogens with zero attached hydrogens (tertiary/aromatic N) is 2. The molecule has 7 heteroatoms. The maximum Gasteiger partial charge on any atom is 0.341 e. The monoisotopic (exact) mass is 341 g/mol. The van der Waals surface area contributed by atoms with Crippen molar-refractivity contribution in [3.05, 3.63) is 16.0 Å². The van der Waals surface area contributed by atoms with Crippen LogP contribution in [0.25, 0.3) is 0 Å². The van der Waals surface area contributed by atoms with E-state index in [1.165, 1.54) is 7.11 Å². The van der Waals surface area contributed by atoms with Gasteiger partial charge in [0, 0.05) is 31.1 Å². The van der Waals surface area contributed by atoms with Crippen LogP contribution in [-0.4, -0.2) is 60.7 Å². The highest BCUT2D eigenvalue weighted by Gasteiger charge is 2.23. The Labute approximate surface area is 141 Å². The minimum atomic E-state index is -0.317. The van der Waals surface area contributed by atoms with Crippen LogP contribution in [0.4, 0.5) is 5.00 Å². The molecule has 1 aromatic heterocycles. The summed E-state index contributed by atoms with van der Waals surface area (Å²) in [5.74, 6) is -0.317. The number of piperazine rings is 1. The molecule has 2 rings (SSSR count). The molecule has 22 heavy (non-hydrogen) atoms. The quantitative estimate of drug-likeness (QED) is 0.673. The summed E-state index contributed by atoms with van der Waals surface area (Å²) >= 11 is 7.06. The van der Waals surface area contributed by atoms with Crippen LogP contribution < -0.4 is 5.32 Å². The van der Waals surface area contributed by atoms with Crippen LogP contribution in [0.5, 0.6) is 0 Å². The molecule has 1 fully saturated rings. The third kappa shape index (κ3) is 3.59. The highest BCUT2D eigenvalue weighted by Crippen LogP contribution is 2.33. The van der Waals surface area contributed by atoms with E-state index in [4.69, 9.17) is 17.0 Å². The minimum absolute atomic E-state index is 0.317. The van der Waals surface area contributed by atoms with Gasteiger partial charge in [-0.05, 0) is 38.2 Å².